The van der Waals surface area contributed by atoms with Gasteiger partial charge in [0.25, 0.3) is 6.08 Å². The molecule has 0 aromatic carbocycles. The molecule has 0 fully saturated rings. The smallest absolute Gasteiger partial charge is 0.311 e. The minimum atomic E-state index is -1.82. The Labute approximate surface area is 101 Å². The van der Waals surface area contributed by atoms with Crippen molar-refractivity contribution in [2.45, 2.75) is 53.1 Å². The Morgan fingerprint density at radius 3 is 1.94 bits per heavy atom. The molecule has 0 bridgehead atoms. The third-order valence-electron chi connectivity index (χ3n) is 2.26. The molecule has 0 radical (unpaired) electrons. The number of carbonyl (C=O) groups excluding carboxylic acids is 1. The minimum absolute atomic E-state index is 0.0964. The van der Waals surface area contributed by atoms with Crippen LogP contribution >= 0.6 is 0 Å². The minimum Gasteiger partial charge on any atom is -0.466 e. The van der Waals surface area contributed by atoms with Gasteiger partial charge in [0.15, 0.2) is 0 Å². The molecule has 0 saturated heterocycles. The zero-order valence-corrected chi connectivity index (χ0v) is 11.1. The van der Waals surface area contributed by atoms with Crippen molar-refractivity contribution >= 4 is 5.97 Å². The van der Waals surface area contributed by atoms with Gasteiger partial charge in [0.1, 0.15) is 0 Å². The van der Waals surface area contributed by atoms with Gasteiger partial charge in [-0.25, -0.2) is 0 Å². The Bertz CT molecular complexity index is 276. The van der Waals surface area contributed by atoms with E-state index in [9.17, 15) is 13.6 Å². The predicted octanol–water partition coefficient (Wildman–Crippen LogP) is 3.17. The van der Waals surface area contributed by atoms with E-state index < -0.39 is 12.0 Å². The highest BCUT2D eigenvalue weighted by molar-refractivity contribution is 5.72. The van der Waals surface area contributed by atoms with Gasteiger partial charge in [0.2, 0.25) is 0 Å². The lowest BCUT2D eigenvalue weighted by molar-refractivity contribution is -0.142. The van der Waals surface area contributed by atoms with E-state index in [1.807, 2.05) is 27.7 Å². The Kier molecular flexibility index (Phi) is 6.76. The molecular weight excluding hydrogens is 228 g/mol. The van der Waals surface area contributed by atoms with Crippen LogP contribution in [0.25, 0.3) is 0 Å². The van der Waals surface area contributed by atoms with E-state index in [0.29, 0.717) is 0 Å². The van der Waals surface area contributed by atoms with Crippen molar-refractivity contribution < 1.29 is 18.3 Å². The summed E-state index contributed by atoms with van der Waals surface area (Å²) in [6, 6.07) is -0.193. The van der Waals surface area contributed by atoms with Crippen LogP contribution in [-0.4, -0.2) is 29.6 Å². The van der Waals surface area contributed by atoms with Crippen LogP contribution in [-0.2, 0) is 9.53 Å². The maximum Gasteiger partial charge on any atom is 0.311 e. The molecule has 0 aliphatic rings. The first kappa shape index (κ1) is 15.9. The first-order valence-corrected chi connectivity index (χ1v) is 5.79. The Morgan fingerprint density at radius 1 is 1.18 bits per heavy atom. The lowest BCUT2D eigenvalue weighted by Crippen LogP contribution is -2.37. The lowest BCUT2D eigenvalue weighted by atomic mass is 10.1. The normalized spacial score (nSPS) is 10.6. The monoisotopic (exact) mass is 249 g/mol. The van der Waals surface area contributed by atoms with Gasteiger partial charge in [-0.1, -0.05) is 0 Å². The summed E-state index contributed by atoms with van der Waals surface area (Å²) < 4.78 is 30.5. The fraction of sp³-hybridized carbons (Fsp3) is 0.750. The molecule has 3 nitrogen and oxygen atoms in total. The summed E-state index contributed by atoms with van der Waals surface area (Å²) in [4.78, 5) is 12.8. The fourth-order valence-corrected chi connectivity index (χ4v) is 1.82. The summed E-state index contributed by atoms with van der Waals surface area (Å²) >= 11 is 0. The summed E-state index contributed by atoms with van der Waals surface area (Å²) in [6.45, 7) is 9.10. The molecule has 17 heavy (non-hydrogen) atoms. The molecule has 0 aliphatic carbocycles. The number of rotatable bonds is 6. The summed E-state index contributed by atoms with van der Waals surface area (Å²) in [5, 5.41) is 0. The zero-order valence-electron chi connectivity index (χ0n) is 11.1. The van der Waals surface area contributed by atoms with Crippen LogP contribution in [0.3, 0.4) is 0 Å². The number of halogens is 2. The molecule has 0 atom stereocenters. The molecular formula is C12H21F2NO2. The Morgan fingerprint density at radius 2 is 1.65 bits per heavy atom. The molecule has 0 amide bonds. The number of carbonyl (C=O) groups is 1. The van der Waals surface area contributed by atoms with Crippen LogP contribution in [0.2, 0.25) is 0 Å². The maximum atomic E-state index is 12.9. The van der Waals surface area contributed by atoms with E-state index in [2.05, 4.69) is 0 Å². The van der Waals surface area contributed by atoms with Gasteiger partial charge in [-0.2, -0.15) is 8.78 Å². The van der Waals surface area contributed by atoms with Crippen molar-refractivity contribution in [2.24, 2.45) is 0 Å². The fourth-order valence-electron chi connectivity index (χ4n) is 1.82. The Hall–Kier alpha value is -1.13. The van der Waals surface area contributed by atoms with Crippen LogP contribution in [0.15, 0.2) is 11.8 Å². The SMILES string of the molecule is CCOC(=O)CC(=C(F)F)N(C(C)C)C(C)C. The molecule has 0 saturated carbocycles. The number of ether oxygens (including phenoxy) is 1. The van der Waals surface area contributed by atoms with Gasteiger partial charge in [0.05, 0.1) is 18.7 Å². The van der Waals surface area contributed by atoms with Gasteiger partial charge in [0, 0.05) is 12.1 Å². The van der Waals surface area contributed by atoms with Crippen LogP contribution in [0.1, 0.15) is 41.0 Å². The van der Waals surface area contributed by atoms with Crippen molar-refractivity contribution in [1.29, 1.82) is 0 Å². The van der Waals surface area contributed by atoms with Gasteiger partial charge in [-0.15, -0.1) is 0 Å². The first-order chi connectivity index (χ1) is 7.81. The van der Waals surface area contributed by atoms with Crippen molar-refractivity contribution in [1.82, 2.24) is 4.90 Å². The molecule has 5 heteroatoms. The van der Waals surface area contributed by atoms with Crippen molar-refractivity contribution in [2.75, 3.05) is 6.61 Å². The lowest BCUT2D eigenvalue weighted by Gasteiger charge is -2.34. The second kappa shape index (κ2) is 7.25. The second-order valence-corrected chi connectivity index (χ2v) is 4.28. The number of hydrogen-bond donors (Lipinski definition) is 0. The highest BCUT2D eigenvalue weighted by Crippen LogP contribution is 2.23. The molecule has 100 valence electrons. The van der Waals surface area contributed by atoms with Gasteiger partial charge >= 0.3 is 5.97 Å². The predicted molar refractivity (Wildman–Crippen MR) is 62.6 cm³/mol. The van der Waals surface area contributed by atoms with E-state index in [0.717, 1.165) is 0 Å². The quantitative estimate of drug-likeness (QED) is 0.677. The molecule has 0 aromatic rings. The molecule has 0 heterocycles. The molecule has 0 unspecified atom stereocenters. The molecule has 0 spiro atoms. The van der Waals surface area contributed by atoms with E-state index in [4.69, 9.17) is 4.74 Å². The number of nitrogens with zero attached hydrogens (tertiary/aromatic N) is 1. The summed E-state index contributed by atoms with van der Waals surface area (Å²) in [7, 11) is 0. The Balaban J connectivity index is 4.97. The third-order valence-corrected chi connectivity index (χ3v) is 2.26. The van der Waals surface area contributed by atoms with Crippen molar-refractivity contribution in [3.8, 4) is 0 Å². The average Bonchev–Trinajstić information content (AvgIpc) is 2.15. The molecule has 0 rings (SSSR count). The van der Waals surface area contributed by atoms with Crippen LogP contribution in [0.5, 0.6) is 0 Å². The highest BCUT2D eigenvalue weighted by Gasteiger charge is 2.24. The molecule has 0 N–H and O–H groups in total. The van der Waals surface area contributed by atoms with Crippen molar-refractivity contribution in [3.05, 3.63) is 11.8 Å². The van der Waals surface area contributed by atoms with E-state index in [-0.39, 0.29) is 30.8 Å². The van der Waals surface area contributed by atoms with Crippen molar-refractivity contribution in [3.63, 3.8) is 0 Å². The molecule has 0 aliphatic heterocycles. The standard InChI is InChI=1S/C12H21F2NO2/c1-6-17-11(16)7-10(12(13)14)15(8(2)3)9(4)5/h8-9H,6-7H2,1-5H3. The van der Waals surface area contributed by atoms with E-state index >= 15 is 0 Å². The summed E-state index contributed by atoms with van der Waals surface area (Å²) in [5.74, 6) is -0.624. The number of esters is 1. The van der Waals surface area contributed by atoms with Crippen LogP contribution < -0.4 is 0 Å². The van der Waals surface area contributed by atoms with E-state index in [1.165, 1.54) is 4.90 Å². The zero-order chi connectivity index (χ0) is 13.6. The topological polar surface area (TPSA) is 29.5 Å². The summed E-state index contributed by atoms with van der Waals surface area (Å²) in [6.07, 6.45) is -2.20. The van der Waals surface area contributed by atoms with Gasteiger partial charge in [-0.05, 0) is 34.6 Å². The number of hydrogen-bond acceptors (Lipinski definition) is 3. The van der Waals surface area contributed by atoms with Gasteiger partial charge in [-0.3, -0.25) is 4.79 Å². The summed E-state index contributed by atoms with van der Waals surface area (Å²) in [5.41, 5.74) is -0.242. The largest absolute Gasteiger partial charge is 0.466 e. The average molecular weight is 249 g/mol. The van der Waals surface area contributed by atoms with Crippen LogP contribution in [0.4, 0.5) is 8.78 Å². The second-order valence-electron chi connectivity index (χ2n) is 4.28. The van der Waals surface area contributed by atoms with Gasteiger partial charge < -0.3 is 9.64 Å². The van der Waals surface area contributed by atoms with E-state index in [1.54, 1.807) is 6.92 Å². The molecule has 0 aromatic heterocycles. The first-order valence-electron chi connectivity index (χ1n) is 5.79. The van der Waals surface area contributed by atoms with Crippen LogP contribution in [0, 0.1) is 0 Å². The highest BCUT2D eigenvalue weighted by atomic mass is 19.3. The third kappa shape index (κ3) is 5.15. The maximum absolute atomic E-state index is 12.9.